The lowest BCUT2D eigenvalue weighted by Gasteiger charge is -2.19. The summed E-state index contributed by atoms with van der Waals surface area (Å²) in [6, 6.07) is 14.0. The van der Waals surface area contributed by atoms with Gasteiger partial charge in [0, 0.05) is 28.3 Å². The highest BCUT2D eigenvalue weighted by Gasteiger charge is 2.18. The van der Waals surface area contributed by atoms with Crippen LogP contribution in [0.2, 0.25) is 0 Å². The predicted octanol–water partition coefficient (Wildman–Crippen LogP) is 5.47. The third-order valence-electron chi connectivity index (χ3n) is 5.42. The highest BCUT2D eigenvalue weighted by atomic mass is 32.2. The monoisotopic (exact) mass is 483 g/mol. The molecule has 0 radical (unpaired) electrons. The number of nitrogens with one attached hydrogen (secondary N) is 1. The largest absolute Gasteiger partial charge is 0.344 e. The average molecular weight is 484 g/mol. The molecule has 1 amide bonds. The number of thioether (sulfide) groups is 1. The van der Waals surface area contributed by atoms with Gasteiger partial charge < -0.3 is 5.32 Å². The number of thiophene rings is 1. The molecule has 3 aromatic heterocycles. The summed E-state index contributed by atoms with van der Waals surface area (Å²) in [5.74, 6) is 1.31. The smallest absolute Gasteiger partial charge is 0.258 e. The molecule has 2 unspecified atom stereocenters. The Hall–Kier alpha value is -2.42. The SMILES string of the molecule is CCC(C)c1ccc(C(NC(=O)CSCc2cc(=O)n3ccsc3n2)c2cccs2)cc1. The van der Waals surface area contributed by atoms with Gasteiger partial charge in [0.05, 0.1) is 17.5 Å². The summed E-state index contributed by atoms with van der Waals surface area (Å²) in [7, 11) is 0. The van der Waals surface area contributed by atoms with Crippen LogP contribution >= 0.6 is 34.4 Å². The van der Waals surface area contributed by atoms with Crippen molar-refractivity contribution in [1.29, 1.82) is 0 Å². The highest BCUT2D eigenvalue weighted by Crippen LogP contribution is 2.28. The van der Waals surface area contributed by atoms with Crippen molar-refractivity contribution in [1.82, 2.24) is 14.7 Å². The first-order valence-corrected chi connectivity index (χ1v) is 13.4. The molecule has 1 N–H and O–H groups in total. The van der Waals surface area contributed by atoms with Gasteiger partial charge in [0.2, 0.25) is 5.91 Å². The second kappa shape index (κ2) is 10.5. The third-order valence-corrected chi connectivity index (χ3v) is 8.08. The molecule has 0 saturated carbocycles. The molecule has 0 aliphatic heterocycles. The minimum atomic E-state index is -0.167. The van der Waals surface area contributed by atoms with Gasteiger partial charge in [0.1, 0.15) is 0 Å². The van der Waals surface area contributed by atoms with Gasteiger partial charge >= 0.3 is 0 Å². The van der Waals surface area contributed by atoms with E-state index < -0.39 is 0 Å². The van der Waals surface area contributed by atoms with E-state index >= 15 is 0 Å². The third kappa shape index (κ3) is 5.31. The molecule has 0 aliphatic carbocycles. The normalized spacial score (nSPS) is 13.2. The zero-order valence-corrected chi connectivity index (χ0v) is 20.4. The van der Waals surface area contributed by atoms with Gasteiger partial charge in [-0.3, -0.25) is 14.0 Å². The quantitative estimate of drug-likeness (QED) is 0.343. The molecule has 4 aromatic rings. The molecule has 166 valence electrons. The Morgan fingerprint density at radius 2 is 1.94 bits per heavy atom. The van der Waals surface area contributed by atoms with E-state index in [4.69, 9.17) is 0 Å². The Morgan fingerprint density at radius 1 is 1.16 bits per heavy atom. The van der Waals surface area contributed by atoms with Crippen molar-refractivity contribution in [3.05, 3.63) is 91.5 Å². The molecule has 0 saturated heterocycles. The second-order valence-corrected chi connectivity index (χ2v) is 10.5. The number of hydrogen-bond acceptors (Lipinski definition) is 6. The molecule has 3 heterocycles. The number of hydrogen-bond donors (Lipinski definition) is 1. The fourth-order valence-corrected chi connectivity index (χ4v) is 5.71. The number of carbonyl (C=O) groups is 1. The lowest BCUT2D eigenvalue weighted by molar-refractivity contribution is -0.119. The summed E-state index contributed by atoms with van der Waals surface area (Å²) >= 11 is 4.53. The summed E-state index contributed by atoms with van der Waals surface area (Å²) in [5.41, 5.74) is 3.01. The van der Waals surface area contributed by atoms with Crippen LogP contribution in [0, 0.1) is 0 Å². The summed E-state index contributed by atoms with van der Waals surface area (Å²) in [6.07, 6.45) is 2.82. The number of rotatable bonds is 9. The van der Waals surface area contributed by atoms with Crippen LogP contribution in [-0.4, -0.2) is 21.0 Å². The molecule has 0 aliphatic rings. The van der Waals surface area contributed by atoms with Crippen LogP contribution in [0.3, 0.4) is 0 Å². The zero-order chi connectivity index (χ0) is 22.5. The topological polar surface area (TPSA) is 63.5 Å². The Labute approximate surface area is 199 Å². The van der Waals surface area contributed by atoms with Gasteiger partial charge in [-0.15, -0.1) is 34.4 Å². The van der Waals surface area contributed by atoms with Crippen LogP contribution in [0.25, 0.3) is 4.96 Å². The van der Waals surface area contributed by atoms with Crippen molar-refractivity contribution < 1.29 is 4.79 Å². The van der Waals surface area contributed by atoms with E-state index in [0.717, 1.165) is 16.9 Å². The molecule has 1 aromatic carbocycles. The maximum absolute atomic E-state index is 12.8. The van der Waals surface area contributed by atoms with Crippen molar-refractivity contribution >= 4 is 45.3 Å². The second-order valence-electron chi connectivity index (χ2n) is 7.63. The number of thiazole rings is 1. The van der Waals surface area contributed by atoms with E-state index in [2.05, 4.69) is 54.5 Å². The number of amides is 1. The van der Waals surface area contributed by atoms with Crippen LogP contribution < -0.4 is 10.9 Å². The molecule has 0 fully saturated rings. The van der Waals surface area contributed by atoms with Gasteiger partial charge in [0.15, 0.2) is 4.96 Å². The Balaban J connectivity index is 1.40. The van der Waals surface area contributed by atoms with Crippen molar-refractivity contribution in [3.63, 3.8) is 0 Å². The van der Waals surface area contributed by atoms with Crippen LogP contribution in [0.1, 0.15) is 53.9 Å². The average Bonchev–Trinajstić information content (AvgIpc) is 3.49. The first-order valence-electron chi connectivity index (χ1n) is 10.5. The van der Waals surface area contributed by atoms with Gasteiger partial charge in [-0.2, -0.15) is 0 Å². The Kier molecular flexibility index (Phi) is 7.44. The molecular weight excluding hydrogens is 458 g/mol. The van der Waals surface area contributed by atoms with Crippen molar-refractivity contribution in [3.8, 4) is 0 Å². The van der Waals surface area contributed by atoms with E-state index in [0.29, 0.717) is 28.1 Å². The van der Waals surface area contributed by atoms with Gasteiger partial charge in [-0.1, -0.05) is 44.2 Å². The Bertz CT molecular complexity index is 1230. The van der Waals surface area contributed by atoms with Gasteiger partial charge in [-0.25, -0.2) is 4.98 Å². The van der Waals surface area contributed by atoms with E-state index in [1.807, 2.05) is 16.8 Å². The summed E-state index contributed by atoms with van der Waals surface area (Å²) in [6.45, 7) is 4.42. The Morgan fingerprint density at radius 3 is 2.66 bits per heavy atom. The van der Waals surface area contributed by atoms with Crippen LogP contribution in [-0.2, 0) is 10.5 Å². The number of nitrogens with zero attached hydrogens (tertiary/aromatic N) is 2. The minimum Gasteiger partial charge on any atom is -0.344 e. The number of benzene rings is 1. The number of fused-ring (bicyclic) bond motifs is 1. The minimum absolute atomic E-state index is 0.0340. The maximum atomic E-state index is 12.8. The van der Waals surface area contributed by atoms with E-state index in [9.17, 15) is 9.59 Å². The predicted molar refractivity (Wildman–Crippen MR) is 135 cm³/mol. The number of carbonyl (C=O) groups excluding carboxylic acids is 1. The zero-order valence-electron chi connectivity index (χ0n) is 18.0. The molecule has 2 atom stereocenters. The maximum Gasteiger partial charge on any atom is 0.258 e. The number of aromatic nitrogens is 2. The standard InChI is InChI=1S/C24H25N3O2S3/c1-3-16(2)17-6-8-18(9-7-17)23(20-5-4-11-31-20)26-21(28)15-30-14-19-13-22(29)27-10-12-32-24(27)25-19/h4-13,16,23H,3,14-15H2,1-2H3,(H,26,28). The molecule has 4 rings (SSSR count). The molecule has 0 bridgehead atoms. The molecule has 5 nitrogen and oxygen atoms in total. The summed E-state index contributed by atoms with van der Waals surface area (Å²) in [4.78, 5) is 31.2. The van der Waals surface area contributed by atoms with Gasteiger partial charge in [-0.05, 0) is 34.9 Å². The van der Waals surface area contributed by atoms with Crippen molar-refractivity contribution in [2.75, 3.05) is 5.75 Å². The molecular formula is C24H25N3O2S3. The van der Waals surface area contributed by atoms with Gasteiger partial charge in [0.25, 0.3) is 5.56 Å². The van der Waals surface area contributed by atoms with Crippen molar-refractivity contribution in [2.24, 2.45) is 0 Å². The molecule has 8 heteroatoms. The van der Waals surface area contributed by atoms with Crippen LogP contribution in [0.5, 0.6) is 0 Å². The first-order chi connectivity index (χ1) is 15.5. The fourth-order valence-electron chi connectivity index (χ4n) is 3.44. The molecule has 32 heavy (non-hydrogen) atoms. The van der Waals surface area contributed by atoms with E-state index in [1.54, 1.807) is 17.5 Å². The van der Waals surface area contributed by atoms with Crippen molar-refractivity contribution in [2.45, 2.75) is 38.0 Å². The van der Waals surface area contributed by atoms with Crippen LogP contribution in [0.15, 0.2) is 64.2 Å². The highest BCUT2D eigenvalue weighted by molar-refractivity contribution is 7.99. The first kappa shape index (κ1) is 22.8. The summed E-state index contributed by atoms with van der Waals surface area (Å²) < 4.78 is 1.53. The fraction of sp³-hybridized carbons (Fsp3) is 0.292. The van der Waals surface area contributed by atoms with E-state index in [1.165, 1.54) is 39.1 Å². The van der Waals surface area contributed by atoms with Crippen LogP contribution in [0.4, 0.5) is 0 Å². The lowest BCUT2D eigenvalue weighted by atomic mass is 9.95. The lowest BCUT2D eigenvalue weighted by Crippen LogP contribution is -2.30. The van der Waals surface area contributed by atoms with E-state index in [-0.39, 0.29) is 17.5 Å². The summed E-state index contributed by atoms with van der Waals surface area (Å²) in [5, 5.41) is 7.06. The molecule has 0 spiro atoms.